The fourth-order valence-electron chi connectivity index (χ4n) is 2.19. The molecule has 1 amide bonds. The molecular weight excluding hydrogens is 252 g/mol. The summed E-state index contributed by atoms with van der Waals surface area (Å²) in [7, 11) is 5.65. The SMILES string of the molecule is CC(C)C[C@H](CO)N(C)C(=O)c1cccc(N(C)C)c1. The summed E-state index contributed by atoms with van der Waals surface area (Å²) in [5.41, 5.74) is 1.65. The number of aliphatic hydroxyl groups excluding tert-OH is 1. The Morgan fingerprint density at radius 1 is 1.25 bits per heavy atom. The molecule has 0 aliphatic heterocycles. The molecule has 0 radical (unpaired) electrons. The highest BCUT2D eigenvalue weighted by Crippen LogP contribution is 2.17. The number of carbonyl (C=O) groups excluding carboxylic acids is 1. The van der Waals surface area contributed by atoms with E-state index in [0.717, 1.165) is 12.1 Å². The molecule has 0 saturated heterocycles. The van der Waals surface area contributed by atoms with E-state index in [1.54, 1.807) is 11.9 Å². The van der Waals surface area contributed by atoms with Crippen molar-refractivity contribution in [1.82, 2.24) is 4.90 Å². The van der Waals surface area contributed by atoms with Crippen molar-refractivity contribution < 1.29 is 9.90 Å². The van der Waals surface area contributed by atoms with Gasteiger partial charge in [-0.2, -0.15) is 0 Å². The molecule has 1 rings (SSSR count). The standard InChI is InChI=1S/C16H26N2O2/c1-12(2)9-15(11-19)18(5)16(20)13-7-6-8-14(10-13)17(3)4/h6-8,10,12,15,19H,9,11H2,1-5H3/t15-/m1/s1. The average molecular weight is 278 g/mol. The average Bonchev–Trinajstić information content (AvgIpc) is 2.43. The minimum Gasteiger partial charge on any atom is -0.394 e. The molecule has 112 valence electrons. The lowest BCUT2D eigenvalue weighted by Crippen LogP contribution is -2.40. The van der Waals surface area contributed by atoms with Crippen molar-refractivity contribution in [1.29, 1.82) is 0 Å². The van der Waals surface area contributed by atoms with Gasteiger partial charge in [-0.15, -0.1) is 0 Å². The molecule has 0 saturated carbocycles. The van der Waals surface area contributed by atoms with Crippen LogP contribution in [-0.4, -0.2) is 49.7 Å². The molecule has 4 heteroatoms. The number of likely N-dealkylation sites (N-methyl/N-ethyl adjacent to an activating group) is 1. The number of rotatable bonds is 6. The second-order valence-electron chi connectivity index (χ2n) is 5.83. The molecule has 1 aromatic rings. The molecule has 0 unspecified atom stereocenters. The molecule has 0 aromatic heterocycles. The highest BCUT2D eigenvalue weighted by molar-refractivity contribution is 5.95. The van der Waals surface area contributed by atoms with E-state index in [4.69, 9.17) is 0 Å². The molecule has 4 nitrogen and oxygen atoms in total. The summed E-state index contributed by atoms with van der Waals surface area (Å²) in [6.07, 6.45) is 0.798. The van der Waals surface area contributed by atoms with Crippen LogP contribution in [0.25, 0.3) is 0 Å². The largest absolute Gasteiger partial charge is 0.394 e. The predicted molar refractivity (Wildman–Crippen MR) is 83.2 cm³/mol. The predicted octanol–water partition coefficient (Wildman–Crippen LogP) is 2.23. The van der Waals surface area contributed by atoms with E-state index < -0.39 is 0 Å². The number of amides is 1. The number of nitrogens with zero attached hydrogens (tertiary/aromatic N) is 2. The number of hydrogen-bond acceptors (Lipinski definition) is 3. The van der Waals surface area contributed by atoms with Crippen LogP contribution in [0.5, 0.6) is 0 Å². The van der Waals surface area contributed by atoms with Crippen LogP contribution in [0.15, 0.2) is 24.3 Å². The maximum atomic E-state index is 12.5. The quantitative estimate of drug-likeness (QED) is 0.868. The van der Waals surface area contributed by atoms with E-state index in [-0.39, 0.29) is 18.6 Å². The summed E-state index contributed by atoms with van der Waals surface area (Å²) in [4.78, 5) is 16.1. The van der Waals surface area contributed by atoms with E-state index in [0.29, 0.717) is 11.5 Å². The third kappa shape index (κ3) is 4.23. The lowest BCUT2D eigenvalue weighted by molar-refractivity contribution is 0.0630. The number of benzene rings is 1. The van der Waals surface area contributed by atoms with Gasteiger partial charge in [0.2, 0.25) is 0 Å². The van der Waals surface area contributed by atoms with Crippen LogP contribution in [0, 0.1) is 5.92 Å². The van der Waals surface area contributed by atoms with Crippen LogP contribution in [0.1, 0.15) is 30.6 Å². The van der Waals surface area contributed by atoms with Crippen molar-refractivity contribution in [3.8, 4) is 0 Å². The van der Waals surface area contributed by atoms with Crippen LogP contribution >= 0.6 is 0 Å². The summed E-state index contributed by atoms with van der Waals surface area (Å²) in [5.74, 6) is 0.393. The van der Waals surface area contributed by atoms with Gasteiger partial charge >= 0.3 is 0 Å². The van der Waals surface area contributed by atoms with E-state index in [1.807, 2.05) is 43.3 Å². The van der Waals surface area contributed by atoms with Crippen molar-refractivity contribution in [3.63, 3.8) is 0 Å². The minimum atomic E-state index is -0.134. The Labute approximate surface area is 122 Å². The maximum absolute atomic E-state index is 12.5. The van der Waals surface area contributed by atoms with Gasteiger partial charge in [-0.3, -0.25) is 4.79 Å². The Morgan fingerprint density at radius 3 is 2.40 bits per heavy atom. The van der Waals surface area contributed by atoms with E-state index in [9.17, 15) is 9.90 Å². The zero-order valence-electron chi connectivity index (χ0n) is 13.1. The Balaban J connectivity index is 2.90. The van der Waals surface area contributed by atoms with Gasteiger partial charge in [-0.1, -0.05) is 19.9 Å². The van der Waals surface area contributed by atoms with Gasteiger partial charge in [-0.05, 0) is 30.5 Å². The molecule has 1 aromatic carbocycles. The summed E-state index contributed by atoms with van der Waals surface area (Å²) >= 11 is 0. The first-order chi connectivity index (χ1) is 9.36. The van der Waals surface area contributed by atoms with Gasteiger partial charge < -0.3 is 14.9 Å². The highest BCUT2D eigenvalue weighted by Gasteiger charge is 2.21. The molecule has 0 heterocycles. The molecule has 0 bridgehead atoms. The van der Waals surface area contributed by atoms with Crippen LogP contribution in [0.2, 0.25) is 0 Å². The van der Waals surface area contributed by atoms with Crippen molar-refractivity contribution in [3.05, 3.63) is 29.8 Å². The molecule has 0 aliphatic rings. The van der Waals surface area contributed by atoms with Gasteiger partial charge in [0, 0.05) is 32.4 Å². The number of hydrogen-bond donors (Lipinski definition) is 1. The first-order valence-electron chi connectivity index (χ1n) is 7.02. The number of aliphatic hydroxyl groups is 1. The third-order valence-corrected chi connectivity index (χ3v) is 3.43. The summed E-state index contributed by atoms with van der Waals surface area (Å²) in [6.45, 7) is 4.18. The topological polar surface area (TPSA) is 43.8 Å². The van der Waals surface area contributed by atoms with Gasteiger partial charge in [0.05, 0.1) is 12.6 Å². The van der Waals surface area contributed by atoms with Crippen LogP contribution in [0.3, 0.4) is 0 Å². The normalized spacial score (nSPS) is 12.3. The van der Waals surface area contributed by atoms with Crippen LogP contribution in [-0.2, 0) is 0 Å². The minimum absolute atomic E-state index is 0.00616. The number of carbonyl (C=O) groups is 1. The maximum Gasteiger partial charge on any atom is 0.253 e. The van der Waals surface area contributed by atoms with E-state index in [1.165, 1.54) is 0 Å². The zero-order valence-corrected chi connectivity index (χ0v) is 13.1. The monoisotopic (exact) mass is 278 g/mol. The van der Waals surface area contributed by atoms with Crippen molar-refractivity contribution >= 4 is 11.6 Å². The fourth-order valence-corrected chi connectivity index (χ4v) is 2.19. The molecule has 1 atom stereocenters. The van der Waals surface area contributed by atoms with Gasteiger partial charge in [-0.25, -0.2) is 0 Å². The van der Waals surface area contributed by atoms with E-state index in [2.05, 4.69) is 13.8 Å². The number of anilines is 1. The Bertz CT molecular complexity index is 444. The second-order valence-corrected chi connectivity index (χ2v) is 5.83. The highest BCUT2D eigenvalue weighted by atomic mass is 16.3. The summed E-state index contributed by atoms with van der Waals surface area (Å²) < 4.78 is 0. The zero-order chi connectivity index (χ0) is 15.3. The third-order valence-electron chi connectivity index (χ3n) is 3.43. The lowest BCUT2D eigenvalue weighted by Gasteiger charge is -2.28. The first-order valence-corrected chi connectivity index (χ1v) is 7.02. The van der Waals surface area contributed by atoms with Crippen molar-refractivity contribution in [2.75, 3.05) is 32.6 Å². The molecule has 1 N–H and O–H groups in total. The fraction of sp³-hybridized carbons (Fsp3) is 0.562. The summed E-state index contributed by atoms with van der Waals surface area (Å²) in [6, 6.07) is 7.41. The van der Waals surface area contributed by atoms with Crippen LogP contribution < -0.4 is 4.90 Å². The lowest BCUT2D eigenvalue weighted by atomic mass is 10.0. The molecule has 0 fully saturated rings. The Hall–Kier alpha value is -1.55. The van der Waals surface area contributed by atoms with Crippen molar-refractivity contribution in [2.45, 2.75) is 26.3 Å². The molecule has 20 heavy (non-hydrogen) atoms. The Morgan fingerprint density at radius 2 is 1.90 bits per heavy atom. The molecule has 0 aliphatic carbocycles. The van der Waals surface area contributed by atoms with Crippen LogP contribution in [0.4, 0.5) is 5.69 Å². The smallest absolute Gasteiger partial charge is 0.253 e. The van der Waals surface area contributed by atoms with Gasteiger partial charge in [0.1, 0.15) is 0 Å². The molecule has 0 spiro atoms. The Kier molecular flexibility index (Phi) is 6.02. The molecular formula is C16H26N2O2. The summed E-state index contributed by atoms with van der Waals surface area (Å²) in [5, 5.41) is 9.48. The van der Waals surface area contributed by atoms with Crippen molar-refractivity contribution in [2.24, 2.45) is 5.92 Å². The first kappa shape index (κ1) is 16.5. The van der Waals surface area contributed by atoms with Gasteiger partial charge in [0.15, 0.2) is 0 Å². The van der Waals surface area contributed by atoms with E-state index >= 15 is 0 Å². The second kappa shape index (κ2) is 7.29. The van der Waals surface area contributed by atoms with Gasteiger partial charge in [0.25, 0.3) is 5.91 Å².